The maximum absolute atomic E-state index is 10.2. The first-order valence-corrected chi connectivity index (χ1v) is 14.5. The zero-order valence-electron chi connectivity index (χ0n) is 24.3. The van der Waals surface area contributed by atoms with Gasteiger partial charge in [-0.25, -0.2) is 9.67 Å². The molecule has 0 aliphatic heterocycles. The number of pyridine rings is 2. The Morgan fingerprint density at radius 2 is 1.80 bits per heavy atom. The van der Waals surface area contributed by atoms with Gasteiger partial charge in [0.2, 0.25) is 0 Å². The summed E-state index contributed by atoms with van der Waals surface area (Å²) >= 11 is 0. The van der Waals surface area contributed by atoms with Gasteiger partial charge >= 0.3 is 0 Å². The fourth-order valence-corrected chi connectivity index (χ4v) is 4.64. The molecule has 0 saturated heterocycles. The summed E-state index contributed by atoms with van der Waals surface area (Å²) in [5, 5.41) is 35.5. The number of likely N-dealkylation sites (N-methyl/N-ethyl adjacent to an activating group) is 1. The summed E-state index contributed by atoms with van der Waals surface area (Å²) in [6.07, 6.45) is 8.19. The molecule has 41 heavy (non-hydrogen) atoms. The predicted molar refractivity (Wildman–Crippen MR) is 163 cm³/mol. The van der Waals surface area contributed by atoms with E-state index in [1.807, 2.05) is 47.3 Å². The molecule has 0 amide bonds. The smallest absolute Gasteiger partial charge is 0.160 e. The van der Waals surface area contributed by atoms with Crippen molar-refractivity contribution < 1.29 is 14.9 Å². The summed E-state index contributed by atoms with van der Waals surface area (Å²) in [6, 6.07) is 13.8. The van der Waals surface area contributed by atoms with Gasteiger partial charge in [-0.2, -0.15) is 5.10 Å². The molecule has 0 saturated carbocycles. The maximum Gasteiger partial charge on any atom is 0.160 e. The van der Waals surface area contributed by atoms with E-state index in [2.05, 4.69) is 45.9 Å². The van der Waals surface area contributed by atoms with E-state index in [1.54, 1.807) is 19.4 Å². The molecule has 2 atom stereocenters. The van der Waals surface area contributed by atoms with Crippen LogP contribution in [0.5, 0.6) is 5.75 Å². The first-order valence-electron chi connectivity index (χ1n) is 14.5. The van der Waals surface area contributed by atoms with E-state index in [4.69, 9.17) is 9.72 Å². The Labute approximate surface area is 242 Å². The number of hydrogen-bond acceptors (Lipinski definition) is 9. The highest BCUT2D eigenvalue weighted by molar-refractivity contribution is 5.91. The number of nitrogens with zero attached hydrogens (tertiary/aromatic N) is 4. The lowest BCUT2D eigenvalue weighted by Gasteiger charge is -2.14. The SMILES string of the molecule is CNCC(O)COc1cccc(-c2cc(NCCCCCCNC(O)c3cccnc3)c3cnn(C(C)C)c3n2)c1. The second-order valence-electron chi connectivity index (χ2n) is 10.5. The lowest BCUT2D eigenvalue weighted by atomic mass is 10.1. The highest BCUT2D eigenvalue weighted by Crippen LogP contribution is 2.31. The first kappa shape index (κ1) is 30.4. The first-order chi connectivity index (χ1) is 20.0. The Morgan fingerprint density at radius 3 is 2.56 bits per heavy atom. The Kier molecular flexibility index (Phi) is 11.4. The fraction of sp³-hybridized carbons (Fsp3) is 0.452. The number of aliphatic hydroxyl groups is 2. The van der Waals surface area contributed by atoms with Crippen molar-refractivity contribution in [3.63, 3.8) is 0 Å². The highest BCUT2D eigenvalue weighted by Gasteiger charge is 2.15. The number of benzene rings is 1. The second kappa shape index (κ2) is 15.4. The molecule has 2 unspecified atom stereocenters. The Hall–Kier alpha value is -3.57. The summed E-state index contributed by atoms with van der Waals surface area (Å²) in [4.78, 5) is 9.03. The molecule has 220 valence electrons. The third kappa shape index (κ3) is 8.71. The minimum absolute atomic E-state index is 0.178. The van der Waals surface area contributed by atoms with E-state index < -0.39 is 12.3 Å². The van der Waals surface area contributed by atoms with Crippen LogP contribution in [0.3, 0.4) is 0 Å². The van der Waals surface area contributed by atoms with E-state index in [0.717, 1.165) is 72.3 Å². The van der Waals surface area contributed by atoms with Gasteiger partial charge in [-0.3, -0.25) is 10.3 Å². The van der Waals surface area contributed by atoms with Crippen LogP contribution in [0.2, 0.25) is 0 Å². The highest BCUT2D eigenvalue weighted by atomic mass is 16.5. The van der Waals surface area contributed by atoms with Gasteiger partial charge in [-0.05, 0) is 64.5 Å². The van der Waals surface area contributed by atoms with Gasteiger partial charge in [-0.1, -0.05) is 31.0 Å². The average molecular weight is 562 g/mol. The van der Waals surface area contributed by atoms with Crippen LogP contribution in [0.1, 0.15) is 57.4 Å². The fourth-order valence-electron chi connectivity index (χ4n) is 4.64. The quantitative estimate of drug-likeness (QED) is 0.0947. The molecule has 0 fully saturated rings. The normalized spacial score (nSPS) is 13.0. The molecule has 4 aromatic rings. The maximum atomic E-state index is 10.2. The number of aromatic nitrogens is 4. The Bertz CT molecular complexity index is 1350. The number of hydrogen-bond donors (Lipinski definition) is 5. The monoisotopic (exact) mass is 561 g/mol. The van der Waals surface area contributed by atoms with Gasteiger partial charge in [0.15, 0.2) is 5.65 Å². The Morgan fingerprint density at radius 1 is 0.976 bits per heavy atom. The van der Waals surface area contributed by atoms with Crippen molar-refractivity contribution >= 4 is 16.7 Å². The molecular weight excluding hydrogens is 518 g/mol. The van der Waals surface area contributed by atoms with E-state index in [9.17, 15) is 10.2 Å². The van der Waals surface area contributed by atoms with Crippen LogP contribution in [0.25, 0.3) is 22.3 Å². The van der Waals surface area contributed by atoms with Crippen molar-refractivity contribution in [3.8, 4) is 17.0 Å². The molecule has 0 aliphatic carbocycles. The number of anilines is 1. The molecular formula is C31H43N7O3. The number of ether oxygens (including phenoxy) is 1. The number of fused-ring (bicyclic) bond motifs is 1. The minimum atomic E-state index is -0.683. The van der Waals surface area contributed by atoms with Crippen molar-refractivity contribution in [2.24, 2.45) is 0 Å². The molecule has 0 aliphatic rings. The van der Waals surface area contributed by atoms with Crippen molar-refractivity contribution in [1.82, 2.24) is 30.4 Å². The van der Waals surface area contributed by atoms with Crippen LogP contribution in [0.4, 0.5) is 5.69 Å². The zero-order chi connectivity index (χ0) is 29.0. The Balaban J connectivity index is 1.35. The van der Waals surface area contributed by atoms with Gasteiger partial charge in [0, 0.05) is 48.3 Å². The summed E-state index contributed by atoms with van der Waals surface area (Å²) < 4.78 is 7.78. The van der Waals surface area contributed by atoms with Gasteiger partial charge < -0.3 is 25.6 Å². The zero-order valence-corrected chi connectivity index (χ0v) is 24.3. The molecule has 0 radical (unpaired) electrons. The average Bonchev–Trinajstić information content (AvgIpc) is 3.43. The summed E-state index contributed by atoms with van der Waals surface area (Å²) in [7, 11) is 1.80. The van der Waals surface area contributed by atoms with Crippen LogP contribution in [0.15, 0.2) is 61.1 Å². The molecule has 1 aromatic carbocycles. The van der Waals surface area contributed by atoms with Crippen LogP contribution in [0, 0.1) is 0 Å². The van der Waals surface area contributed by atoms with Crippen LogP contribution in [-0.4, -0.2) is 69.4 Å². The van der Waals surface area contributed by atoms with Gasteiger partial charge in [-0.15, -0.1) is 0 Å². The van der Waals surface area contributed by atoms with Crippen molar-refractivity contribution in [1.29, 1.82) is 0 Å². The predicted octanol–water partition coefficient (Wildman–Crippen LogP) is 4.29. The van der Waals surface area contributed by atoms with Crippen molar-refractivity contribution in [2.45, 2.75) is 57.9 Å². The molecule has 5 N–H and O–H groups in total. The third-order valence-corrected chi connectivity index (χ3v) is 6.82. The summed E-state index contributed by atoms with van der Waals surface area (Å²) in [5.74, 6) is 0.689. The van der Waals surface area contributed by atoms with Gasteiger partial charge in [0.1, 0.15) is 24.7 Å². The van der Waals surface area contributed by atoms with E-state index in [1.165, 1.54) is 0 Å². The number of aliphatic hydroxyl groups excluding tert-OH is 2. The molecule has 4 rings (SSSR count). The van der Waals surface area contributed by atoms with E-state index in [0.29, 0.717) is 12.3 Å². The number of rotatable bonds is 17. The second-order valence-corrected chi connectivity index (χ2v) is 10.5. The lowest BCUT2D eigenvalue weighted by molar-refractivity contribution is 0.108. The molecule has 3 aromatic heterocycles. The number of nitrogens with one attached hydrogen (secondary N) is 3. The number of unbranched alkanes of at least 4 members (excludes halogenated alkanes) is 3. The van der Waals surface area contributed by atoms with Gasteiger partial charge in [0.25, 0.3) is 0 Å². The minimum Gasteiger partial charge on any atom is -0.491 e. The van der Waals surface area contributed by atoms with E-state index >= 15 is 0 Å². The summed E-state index contributed by atoms with van der Waals surface area (Å²) in [6.45, 7) is 6.48. The topological polar surface area (TPSA) is 129 Å². The van der Waals surface area contributed by atoms with Crippen molar-refractivity contribution in [2.75, 3.05) is 38.6 Å². The van der Waals surface area contributed by atoms with Crippen molar-refractivity contribution in [3.05, 3.63) is 66.6 Å². The summed E-state index contributed by atoms with van der Waals surface area (Å²) in [5.41, 5.74) is 4.40. The molecule has 10 nitrogen and oxygen atoms in total. The van der Waals surface area contributed by atoms with Crippen LogP contribution in [-0.2, 0) is 0 Å². The molecule has 10 heteroatoms. The van der Waals surface area contributed by atoms with Gasteiger partial charge in [0.05, 0.1) is 17.3 Å². The molecule has 0 bridgehead atoms. The standard InChI is InChI=1S/C31H43N7O3/c1-22(2)38-30-27(20-36-38)29(34-14-6-4-5-7-15-35-31(40)24-11-9-13-33-18-24)17-28(37-30)23-10-8-12-26(16-23)41-21-25(39)19-32-3/h8-13,16-18,20,22,25,31-32,35,39-40H,4-7,14-15,19,21H2,1-3H3,(H,34,37). The third-order valence-electron chi connectivity index (χ3n) is 6.82. The van der Waals surface area contributed by atoms with Crippen LogP contribution < -0.4 is 20.7 Å². The van der Waals surface area contributed by atoms with Crippen LogP contribution >= 0.6 is 0 Å². The molecule has 0 spiro atoms. The lowest BCUT2D eigenvalue weighted by Crippen LogP contribution is -2.29. The largest absolute Gasteiger partial charge is 0.491 e. The van der Waals surface area contributed by atoms with E-state index in [-0.39, 0.29) is 12.6 Å². The molecule has 3 heterocycles.